The van der Waals surface area contributed by atoms with Gasteiger partial charge < -0.3 is 19.9 Å². The van der Waals surface area contributed by atoms with E-state index in [0.29, 0.717) is 31.2 Å². The number of imidazole rings is 1. The van der Waals surface area contributed by atoms with Crippen molar-refractivity contribution in [1.29, 1.82) is 0 Å². The van der Waals surface area contributed by atoms with Crippen molar-refractivity contribution in [3.63, 3.8) is 0 Å². The van der Waals surface area contributed by atoms with E-state index in [-0.39, 0.29) is 29.9 Å². The zero-order valence-corrected chi connectivity index (χ0v) is 14.5. The monoisotopic (exact) mass is 354 g/mol. The van der Waals surface area contributed by atoms with Crippen molar-refractivity contribution < 1.29 is 14.7 Å². The molecule has 7 heteroatoms. The molecule has 2 saturated heterocycles. The minimum Gasteiger partial charge on any atom is -0.508 e. The summed E-state index contributed by atoms with van der Waals surface area (Å²) in [4.78, 5) is 36.2. The second-order valence-corrected chi connectivity index (χ2v) is 7.00. The number of carbonyl (C=O) groups is 2. The number of hydrogen-bond donors (Lipinski definition) is 2. The van der Waals surface area contributed by atoms with Gasteiger partial charge in [-0.1, -0.05) is 6.07 Å². The summed E-state index contributed by atoms with van der Waals surface area (Å²) < 4.78 is 0. The zero-order valence-electron chi connectivity index (χ0n) is 14.5. The van der Waals surface area contributed by atoms with Crippen LogP contribution in [-0.2, 0) is 9.59 Å². The van der Waals surface area contributed by atoms with Crippen molar-refractivity contribution in [2.24, 2.45) is 5.92 Å². The number of phenolic OH excluding ortho intramolecular Hbond substituents is 1. The van der Waals surface area contributed by atoms with E-state index >= 15 is 0 Å². The molecule has 2 aliphatic rings. The van der Waals surface area contributed by atoms with Gasteiger partial charge in [0, 0.05) is 56.1 Å². The average Bonchev–Trinajstić information content (AvgIpc) is 3.31. The SMILES string of the molecule is O=C([C@H]1CC(=O)N(c2cccc(O)c2)C1)N1CCC(c2ncc[nH]2)CC1. The maximum Gasteiger partial charge on any atom is 0.228 e. The number of phenols is 1. The fraction of sp³-hybridized carbons (Fsp3) is 0.421. The minimum absolute atomic E-state index is 0.0545. The maximum absolute atomic E-state index is 12.9. The summed E-state index contributed by atoms with van der Waals surface area (Å²) in [5, 5.41) is 9.62. The van der Waals surface area contributed by atoms with Crippen molar-refractivity contribution in [2.45, 2.75) is 25.2 Å². The molecule has 0 radical (unpaired) electrons. The van der Waals surface area contributed by atoms with Gasteiger partial charge in [-0.3, -0.25) is 9.59 Å². The summed E-state index contributed by atoms with van der Waals surface area (Å²) in [6.45, 7) is 1.77. The van der Waals surface area contributed by atoms with Crippen LogP contribution in [0.25, 0.3) is 0 Å². The lowest BCUT2D eigenvalue weighted by Crippen LogP contribution is -2.42. The van der Waals surface area contributed by atoms with Crippen molar-refractivity contribution in [3.05, 3.63) is 42.5 Å². The Morgan fingerprint density at radius 2 is 2.08 bits per heavy atom. The number of nitrogens with one attached hydrogen (secondary N) is 1. The standard InChI is InChI=1S/C19H22N4O3/c24-16-3-1-2-15(11-16)23-12-14(10-17(23)25)19(26)22-8-4-13(5-9-22)18-20-6-7-21-18/h1-3,6-7,11,13-14,24H,4-5,8-10,12H2,(H,20,21)/t14-/m0/s1. The fourth-order valence-corrected chi connectivity index (χ4v) is 3.92. The van der Waals surface area contributed by atoms with E-state index in [1.54, 1.807) is 35.4 Å². The van der Waals surface area contributed by atoms with Crippen molar-refractivity contribution in [2.75, 3.05) is 24.5 Å². The van der Waals surface area contributed by atoms with Gasteiger partial charge in [-0.05, 0) is 25.0 Å². The molecule has 26 heavy (non-hydrogen) atoms. The van der Waals surface area contributed by atoms with Gasteiger partial charge in [0.2, 0.25) is 11.8 Å². The largest absolute Gasteiger partial charge is 0.508 e. The number of anilines is 1. The number of likely N-dealkylation sites (tertiary alicyclic amines) is 1. The van der Waals surface area contributed by atoms with Gasteiger partial charge in [0.25, 0.3) is 0 Å². The molecule has 3 heterocycles. The molecule has 2 amide bonds. The van der Waals surface area contributed by atoms with Crippen LogP contribution in [0.5, 0.6) is 5.75 Å². The Morgan fingerprint density at radius 1 is 1.27 bits per heavy atom. The van der Waals surface area contributed by atoms with E-state index in [1.165, 1.54) is 0 Å². The minimum atomic E-state index is -0.315. The van der Waals surface area contributed by atoms with Crippen LogP contribution in [0.4, 0.5) is 5.69 Å². The third-order valence-corrected chi connectivity index (χ3v) is 5.33. The zero-order chi connectivity index (χ0) is 18.1. The highest BCUT2D eigenvalue weighted by Crippen LogP contribution is 2.31. The molecule has 0 unspecified atom stereocenters. The third-order valence-electron chi connectivity index (χ3n) is 5.33. The van der Waals surface area contributed by atoms with E-state index in [2.05, 4.69) is 9.97 Å². The number of aromatic hydroxyl groups is 1. The van der Waals surface area contributed by atoms with E-state index in [0.717, 1.165) is 18.7 Å². The van der Waals surface area contributed by atoms with Gasteiger partial charge in [0.1, 0.15) is 11.6 Å². The summed E-state index contributed by atoms with van der Waals surface area (Å²) in [6, 6.07) is 6.60. The lowest BCUT2D eigenvalue weighted by Gasteiger charge is -2.32. The Bertz CT molecular complexity index is 797. The number of nitrogens with zero attached hydrogens (tertiary/aromatic N) is 3. The second kappa shape index (κ2) is 6.82. The van der Waals surface area contributed by atoms with Crippen molar-refractivity contribution in [1.82, 2.24) is 14.9 Å². The highest BCUT2D eigenvalue weighted by atomic mass is 16.3. The topological polar surface area (TPSA) is 89.5 Å². The number of benzene rings is 1. The molecule has 4 rings (SSSR count). The molecule has 2 aromatic rings. The van der Waals surface area contributed by atoms with E-state index in [9.17, 15) is 14.7 Å². The van der Waals surface area contributed by atoms with Crippen LogP contribution in [0.15, 0.2) is 36.7 Å². The first-order valence-electron chi connectivity index (χ1n) is 8.99. The quantitative estimate of drug-likeness (QED) is 0.881. The van der Waals surface area contributed by atoms with Crippen LogP contribution in [-0.4, -0.2) is 51.4 Å². The first-order chi connectivity index (χ1) is 12.6. The van der Waals surface area contributed by atoms with E-state index in [1.807, 2.05) is 11.1 Å². The summed E-state index contributed by atoms with van der Waals surface area (Å²) in [5.41, 5.74) is 0.641. The molecule has 2 aliphatic heterocycles. The smallest absolute Gasteiger partial charge is 0.228 e. The summed E-state index contributed by atoms with van der Waals surface area (Å²) in [6.07, 6.45) is 5.58. The highest BCUT2D eigenvalue weighted by Gasteiger charge is 2.38. The first kappa shape index (κ1) is 16.6. The Balaban J connectivity index is 1.38. The molecular weight excluding hydrogens is 332 g/mol. The first-order valence-corrected chi connectivity index (χ1v) is 8.99. The predicted molar refractivity (Wildman–Crippen MR) is 95.7 cm³/mol. The molecule has 0 spiro atoms. The van der Waals surface area contributed by atoms with E-state index < -0.39 is 0 Å². The number of H-pyrrole nitrogens is 1. The van der Waals surface area contributed by atoms with Gasteiger partial charge >= 0.3 is 0 Å². The third kappa shape index (κ3) is 3.16. The number of carbonyl (C=O) groups excluding carboxylic acids is 2. The number of amides is 2. The molecule has 1 atom stereocenters. The summed E-state index contributed by atoms with van der Waals surface area (Å²) in [5.74, 6) is 1.14. The maximum atomic E-state index is 12.9. The van der Waals surface area contributed by atoms with Crippen molar-refractivity contribution >= 4 is 17.5 Å². The molecular formula is C19H22N4O3. The lowest BCUT2D eigenvalue weighted by atomic mass is 9.95. The van der Waals surface area contributed by atoms with Crippen LogP contribution in [0.2, 0.25) is 0 Å². The molecule has 136 valence electrons. The second-order valence-electron chi connectivity index (χ2n) is 7.00. The van der Waals surface area contributed by atoms with Gasteiger partial charge in [0.05, 0.1) is 5.92 Å². The number of aromatic amines is 1. The number of rotatable bonds is 3. The Hall–Kier alpha value is -2.83. The molecule has 7 nitrogen and oxygen atoms in total. The van der Waals surface area contributed by atoms with Gasteiger partial charge in [-0.25, -0.2) is 4.98 Å². The lowest BCUT2D eigenvalue weighted by molar-refractivity contribution is -0.136. The van der Waals surface area contributed by atoms with Gasteiger partial charge in [-0.2, -0.15) is 0 Å². The van der Waals surface area contributed by atoms with Crippen molar-refractivity contribution in [3.8, 4) is 5.75 Å². The number of aromatic nitrogens is 2. The molecule has 2 fully saturated rings. The van der Waals surface area contributed by atoms with Crippen LogP contribution in [0.3, 0.4) is 0 Å². The number of hydrogen-bond acceptors (Lipinski definition) is 4. The van der Waals surface area contributed by atoms with Crippen LogP contribution >= 0.6 is 0 Å². The Morgan fingerprint density at radius 3 is 2.77 bits per heavy atom. The van der Waals surface area contributed by atoms with Gasteiger partial charge in [0.15, 0.2) is 0 Å². The summed E-state index contributed by atoms with van der Waals surface area (Å²) >= 11 is 0. The molecule has 1 aromatic heterocycles. The fourth-order valence-electron chi connectivity index (χ4n) is 3.92. The Labute approximate surface area is 151 Å². The molecule has 0 saturated carbocycles. The number of piperidine rings is 1. The Kier molecular flexibility index (Phi) is 4.36. The molecule has 0 bridgehead atoms. The summed E-state index contributed by atoms with van der Waals surface area (Å²) in [7, 11) is 0. The molecule has 1 aromatic carbocycles. The van der Waals surface area contributed by atoms with Gasteiger partial charge in [-0.15, -0.1) is 0 Å². The molecule has 0 aliphatic carbocycles. The van der Waals surface area contributed by atoms with Crippen LogP contribution in [0.1, 0.15) is 31.0 Å². The average molecular weight is 354 g/mol. The predicted octanol–water partition coefficient (Wildman–Crippen LogP) is 1.87. The van der Waals surface area contributed by atoms with Crippen LogP contribution < -0.4 is 4.90 Å². The molecule has 2 N–H and O–H groups in total. The highest BCUT2D eigenvalue weighted by molar-refractivity contribution is 6.00. The normalized spacial score (nSPS) is 21.4. The van der Waals surface area contributed by atoms with E-state index in [4.69, 9.17) is 0 Å². The van der Waals surface area contributed by atoms with Crippen LogP contribution in [0, 0.1) is 5.92 Å².